The fraction of sp³-hybridized carbons (Fsp3) is 0.462. The Morgan fingerprint density at radius 3 is 2.47 bits per heavy atom. The SMILES string of the molecule is CCC(NC(C)CC(N)=O)c1ccc(Br)cc1. The van der Waals surface area contributed by atoms with Crippen LogP contribution in [-0.2, 0) is 4.79 Å². The molecule has 0 fully saturated rings. The van der Waals surface area contributed by atoms with Gasteiger partial charge in [-0.1, -0.05) is 35.0 Å². The molecule has 0 radical (unpaired) electrons. The Bertz CT molecular complexity index is 364. The number of nitrogens with one attached hydrogen (secondary N) is 1. The number of nitrogens with two attached hydrogens (primary N) is 1. The van der Waals surface area contributed by atoms with Gasteiger partial charge in [-0.25, -0.2) is 0 Å². The molecule has 0 aromatic heterocycles. The number of rotatable bonds is 6. The van der Waals surface area contributed by atoms with E-state index in [9.17, 15) is 4.79 Å². The van der Waals surface area contributed by atoms with Crippen molar-refractivity contribution in [2.75, 3.05) is 0 Å². The average Bonchev–Trinajstić information content (AvgIpc) is 2.26. The lowest BCUT2D eigenvalue weighted by Crippen LogP contribution is -2.33. The monoisotopic (exact) mass is 298 g/mol. The molecule has 94 valence electrons. The van der Waals surface area contributed by atoms with Crippen LogP contribution in [0.2, 0.25) is 0 Å². The molecule has 3 N–H and O–H groups in total. The van der Waals surface area contributed by atoms with Gasteiger partial charge in [0, 0.05) is 23.0 Å². The van der Waals surface area contributed by atoms with Crippen LogP contribution in [0.4, 0.5) is 0 Å². The fourth-order valence-electron chi connectivity index (χ4n) is 1.85. The summed E-state index contributed by atoms with van der Waals surface area (Å²) in [5, 5.41) is 3.42. The Morgan fingerprint density at radius 2 is 2.00 bits per heavy atom. The number of hydrogen-bond donors (Lipinski definition) is 2. The largest absolute Gasteiger partial charge is 0.370 e. The van der Waals surface area contributed by atoms with Crippen LogP contribution < -0.4 is 11.1 Å². The van der Waals surface area contributed by atoms with Crippen LogP contribution in [0.15, 0.2) is 28.7 Å². The highest BCUT2D eigenvalue weighted by atomic mass is 79.9. The molecular weight excluding hydrogens is 280 g/mol. The summed E-state index contributed by atoms with van der Waals surface area (Å²) >= 11 is 3.42. The molecular formula is C13H19BrN2O. The molecule has 4 heteroatoms. The van der Waals surface area contributed by atoms with Crippen molar-refractivity contribution < 1.29 is 4.79 Å². The van der Waals surface area contributed by atoms with Gasteiger partial charge in [0.25, 0.3) is 0 Å². The summed E-state index contributed by atoms with van der Waals surface area (Å²) in [5.74, 6) is -0.268. The maximum atomic E-state index is 10.8. The van der Waals surface area contributed by atoms with Gasteiger partial charge in [0.1, 0.15) is 0 Å². The average molecular weight is 299 g/mol. The van der Waals surface area contributed by atoms with Gasteiger partial charge in [0.05, 0.1) is 0 Å². The molecule has 0 bridgehead atoms. The molecule has 2 atom stereocenters. The molecule has 0 aliphatic carbocycles. The molecule has 0 aliphatic heterocycles. The van der Waals surface area contributed by atoms with Gasteiger partial charge in [-0.15, -0.1) is 0 Å². The number of benzene rings is 1. The summed E-state index contributed by atoms with van der Waals surface area (Å²) in [6.45, 7) is 4.10. The highest BCUT2D eigenvalue weighted by molar-refractivity contribution is 9.10. The smallest absolute Gasteiger partial charge is 0.218 e. The summed E-state index contributed by atoms with van der Waals surface area (Å²) in [4.78, 5) is 10.8. The Morgan fingerprint density at radius 1 is 1.41 bits per heavy atom. The van der Waals surface area contributed by atoms with E-state index in [0.717, 1.165) is 10.9 Å². The lowest BCUT2D eigenvalue weighted by Gasteiger charge is -2.22. The zero-order valence-electron chi connectivity index (χ0n) is 10.2. The van der Waals surface area contributed by atoms with E-state index in [1.807, 2.05) is 19.1 Å². The van der Waals surface area contributed by atoms with Crippen molar-refractivity contribution in [2.45, 2.75) is 38.8 Å². The predicted octanol–water partition coefficient (Wildman–Crippen LogP) is 2.75. The third kappa shape index (κ3) is 4.88. The Hall–Kier alpha value is -0.870. The van der Waals surface area contributed by atoms with Crippen molar-refractivity contribution in [3.05, 3.63) is 34.3 Å². The number of primary amides is 1. The van der Waals surface area contributed by atoms with Gasteiger partial charge < -0.3 is 11.1 Å². The van der Waals surface area contributed by atoms with Crippen molar-refractivity contribution in [2.24, 2.45) is 5.73 Å². The first kappa shape index (κ1) is 14.2. The zero-order chi connectivity index (χ0) is 12.8. The van der Waals surface area contributed by atoms with Crippen molar-refractivity contribution in [1.29, 1.82) is 0 Å². The summed E-state index contributed by atoms with van der Waals surface area (Å²) in [6.07, 6.45) is 1.35. The number of carbonyl (C=O) groups is 1. The maximum absolute atomic E-state index is 10.8. The van der Waals surface area contributed by atoms with E-state index in [1.165, 1.54) is 5.56 Å². The van der Waals surface area contributed by atoms with Crippen LogP contribution in [-0.4, -0.2) is 11.9 Å². The maximum Gasteiger partial charge on any atom is 0.218 e. The van der Waals surface area contributed by atoms with E-state index in [2.05, 4.69) is 40.3 Å². The van der Waals surface area contributed by atoms with E-state index in [0.29, 0.717) is 6.42 Å². The van der Waals surface area contributed by atoms with Crippen LogP contribution >= 0.6 is 15.9 Å². The lowest BCUT2D eigenvalue weighted by atomic mass is 10.0. The van der Waals surface area contributed by atoms with Gasteiger partial charge in [-0.05, 0) is 31.0 Å². The van der Waals surface area contributed by atoms with Crippen LogP contribution in [0.3, 0.4) is 0 Å². The zero-order valence-corrected chi connectivity index (χ0v) is 11.8. The van der Waals surface area contributed by atoms with E-state index < -0.39 is 0 Å². The highest BCUT2D eigenvalue weighted by Crippen LogP contribution is 2.20. The van der Waals surface area contributed by atoms with Gasteiger partial charge in [-0.2, -0.15) is 0 Å². The summed E-state index contributed by atoms with van der Waals surface area (Å²) < 4.78 is 1.07. The summed E-state index contributed by atoms with van der Waals surface area (Å²) in [6, 6.07) is 8.58. The Balaban J connectivity index is 2.65. The van der Waals surface area contributed by atoms with Crippen molar-refractivity contribution in [1.82, 2.24) is 5.32 Å². The Kier molecular flexibility index (Phi) is 5.65. The first-order valence-electron chi connectivity index (χ1n) is 5.82. The van der Waals surface area contributed by atoms with Gasteiger partial charge >= 0.3 is 0 Å². The molecule has 2 unspecified atom stereocenters. The third-order valence-corrected chi connectivity index (χ3v) is 3.20. The molecule has 0 saturated carbocycles. The van der Waals surface area contributed by atoms with E-state index in [-0.39, 0.29) is 18.0 Å². The highest BCUT2D eigenvalue weighted by Gasteiger charge is 2.13. The number of carbonyl (C=O) groups excluding carboxylic acids is 1. The predicted molar refractivity (Wildman–Crippen MR) is 73.6 cm³/mol. The van der Waals surface area contributed by atoms with Crippen LogP contribution in [0.1, 0.15) is 38.3 Å². The molecule has 1 aromatic rings. The summed E-state index contributed by atoms with van der Waals surface area (Å²) in [5.41, 5.74) is 6.41. The second-order valence-corrected chi connectivity index (χ2v) is 5.17. The van der Waals surface area contributed by atoms with E-state index >= 15 is 0 Å². The Labute approximate surface area is 111 Å². The molecule has 0 saturated heterocycles. The molecule has 0 aliphatic rings. The lowest BCUT2D eigenvalue weighted by molar-refractivity contribution is -0.118. The first-order valence-corrected chi connectivity index (χ1v) is 6.62. The minimum Gasteiger partial charge on any atom is -0.370 e. The standard InChI is InChI=1S/C13H19BrN2O/c1-3-12(16-9(2)8-13(15)17)10-4-6-11(14)7-5-10/h4-7,9,12,16H,3,8H2,1-2H3,(H2,15,17). The second kappa shape index (κ2) is 6.77. The van der Waals surface area contributed by atoms with Gasteiger partial charge in [0.15, 0.2) is 0 Å². The van der Waals surface area contributed by atoms with Gasteiger partial charge in [0.2, 0.25) is 5.91 Å². The molecule has 3 nitrogen and oxygen atoms in total. The molecule has 0 spiro atoms. The fourth-order valence-corrected chi connectivity index (χ4v) is 2.11. The number of amides is 1. The van der Waals surface area contributed by atoms with Crippen LogP contribution in [0.25, 0.3) is 0 Å². The third-order valence-electron chi connectivity index (χ3n) is 2.67. The molecule has 17 heavy (non-hydrogen) atoms. The van der Waals surface area contributed by atoms with Crippen molar-refractivity contribution in [3.8, 4) is 0 Å². The quantitative estimate of drug-likeness (QED) is 0.848. The van der Waals surface area contributed by atoms with E-state index in [1.54, 1.807) is 0 Å². The molecule has 1 amide bonds. The topological polar surface area (TPSA) is 55.1 Å². The minimum absolute atomic E-state index is 0.0982. The van der Waals surface area contributed by atoms with Crippen LogP contribution in [0.5, 0.6) is 0 Å². The van der Waals surface area contributed by atoms with E-state index in [4.69, 9.17) is 5.73 Å². The first-order chi connectivity index (χ1) is 8.02. The number of halogens is 1. The van der Waals surface area contributed by atoms with Gasteiger partial charge in [-0.3, -0.25) is 4.79 Å². The van der Waals surface area contributed by atoms with Crippen LogP contribution in [0, 0.1) is 0 Å². The minimum atomic E-state index is -0.268. The normalized spacial score (nSPS) is 14.3. The van der Waals surface area contributed by atoms with Crippen molar-refractivity contribution >= 4 is 21.8 Å². The number of hydrogen-bond acceptors (Lipinski definition) is 2. The van der Waals surface area contributed by atoms with Crippen molar-refractivity contribution in [3.63, 3.8) is 0 Å². The molecule has 1 rings (SSSR count). The molecule has 1 aromatic carbocycles. The molecule has 0 heterocycles. The summed E-state index contributed by atoms with van der Waals surface area (Å²) in [7, 11) is 0. The second-order valence-electron chi connectivity index (χ2n) is 4.25.